The number of H-pyrrole nitrogens is 1. The molecule has 0 radical (unpaired) electrons. The third-order valence-electron chi connectivity index (χ3n) is 5.90. The van der Waals surface area contributed by atoms with Gasteiger partial charge in [-0.3, -0.25) is 4.57 Å². The molecule has 0 amide bonds. The Morgan fingerprint density at radius 1 is 1.12 bits per heavy atom. The quantitative estimate of drug-likeness (QED) is 0.356. The van der Waals surface area contributed by atoms with Crippen molar-refractivity contribution in [3.8, 4) is 6.01 Å². The van der Waals surface area contributed by atoms with Gasteiger partial charge in [-0.25, -0.2) is 4.79 Å². The van der Waals surface area contributed by atoms with Crippen molar-refractivity contribution in [3.05, 3.63) is 75.7 Å². The molecule has 0 fully saturated rings. The average Bonchev–Trinajstić information content (AvgIpc) is 3.36. The molecule has 1 aliphatic heterocycles. The van der Waals surface area contributed by atoms with E-state index in [1.165, 1.54) is 16.8 Å². The highest BCUT2D eigenvalue weighted by Crippen LogP contribution is 2.33. The number of hydrogen-bond donors (Lipinski definition) is 3. The molecule has 9 nitrogen and oxygen atoms in total. The van der Waals surface area contributed by atoms with Crippen LogP contribution in [0.2, 0.25) is 0 Å². The number of aromatic nitrogens is 4. The maximum atomic E-state index is 12.7. The molecule has 5 rings (SSSR count). The molecule has 170 valence electrons. The maximum Gasteiger partial charge on any atom is 0.328 e. The van der Waals surface area contributed by atoms with E-state index in [-0.39, 0.29) is 24.1 Å². The Morgan fingerprint density at radius 3 is 2.85 bits per heavy atom. The normalized spacial score (nSPS) is 14.9. The number of ether oxygens (including phenoxy) is 2. The van der Waals surface area contributed by atoms with Crippen molar-refractivity contribution in [1.29, 1.82) is 0 Å². The van der Waals surface area contributed by atoms with E-state index in [1.54, 1.807) is 11.7 Å². The number of hydrogen-bond acceptors (Lipinski definition) is 7. The lowest BCUT2D eigenvalue weighted by Crippen LogP contribution is -2.18. The van der Waals surface area contributed by atoms with Gasteiger partial charge in [-0.15, -0.1) is 0 Å². The Kier molecular flexibility index (Phi) is 5.70. The largest absolute Gasteiger partial charge is 0.461 e. The number of fused-ring (bicyclic) bond motifs is 2. The summed E-state index contributed by atoms with van der Waals surface area (Å²) in [5, 5.41) is 3.48. The first-order valence-corrected chi connectivity index (χ1v) is 10.9. The van der Waals surface area contributed by atoms with E-state index in [1.807, 2.05) is 12.1 Å². The lowest BCUT2D eigenvalue weighted by atomic mass is 9.93. The average molecular weight is 447 g/mol. The van der Waals surface area contributed by atoms with Crippen LogP contribution in [0, 0.1) is 0 Å². The fourth-order valence-corrected chi connectivity index (χ4v) is 4.32. The van der Waals surface area contributed by atoms with E-state index >= 15 is 0 Å². The molecule has 9 heteroatoms. The topological polar surface area (TPSA) is 120 Å². The minimum absolute atomic E-state index is 0.117. The SMILES string of the molecule is COCCOc1nc(N)c2[nH]c(=O)n(Cc3cccc(CC4CNc5ccccc54)c3)c2n1. The summed E-state index contributed by atoms with van der Waals surface area (Å²) in [6.45, 7) is 1.97. The van der Waals surface area contributed by atoms with Crippen LogP contribution in [-0.4, -0.2) is 46.4 Å². The van der Waals surface area contributed by atoms with Crippen LogP contribution in [0.15, 0.2) is 53.3 Å². The molecule has 0 saturated heterocycles. The molecule has 0 spiro atoms. The van der Waals surface area contributed by atoms with E-state index in [2.05, 4.69) is 56.7 Å². The molecule has 4 N–H and O–H groups in total. The first-order chi connectivity index (χ1) is 16.1. The molecule has 4 aromatic rings. The number of nitrogens with two attached hydrogens (primary N) is 1. The summed E-state index contributed by atoms with van der Waals surface area (Å²) in [5.41, 5.74) is 11.4. The van der Waals surface area contributed by atoms with Crippen molar-refractivity contribution in [2.75, 3.05) is 37.9 Å². The van der Waals surface area contributed by atoms with Crippen LogP contribution in [-0.2, 0) is 17.7 Å². The Labute approximate surface area is 190 Å². The summed E-state index contributed by atoms with van der Waals surface area (Å²) in [6.07, 6.45) is 0.924. The lowest BCUT2D eigenvalue weighted by Gasteiger charge is -2.12. The number of methoxy groups -OCH3 is 1. The van der Waals surface area contributed by atoms with Crippen LogP contribution in [0.3, 0.4) is 0 Å². The monoisotopic (exact) mass is 446 g/mol. The smallest absolute Gasteiger partial charge is 0.328 e. The van der Waals surface area contributed by atoms with E-state index in [0.717, 1.165) is 18.5 Å². The van der Waals surface area contributed by atoms with E-state index < -0.39 is 0 Å². The number of nitrogens with one attached hydrogen (secondary N) is 2. The molecule has 0 saturated carbocycles. The number of nitrogens with zero attached hydrogens (tertiary/aromatic N) is 3. The van der Waals surface area contributed by atoms with Crippen LogP contribution in [0.4, 0.5) is 11.5 Å². The highest BCUT2D eigenvalue weighted by molar-refractivity contribution is 5.81. The van der Waals surface area contributed by atoms with Gasteiger partial charge in [-0.2, -0.15) is 9.97 Å². The number of aromatic amines is 1. The van der Waals surface area contributed by atoms with E-state index in [9.17, 15) is 4.79 Å². The Balaban J connectivity index is 1.40. The predicted octanol–water partition coefficient (Wildman–Crippen LogP) is 2.53. The Morgan fingerprint density at radius 2 is 1.97 bits per heavy atom. The van der Waals surface area contributed by atoms with Crippen LogP contribution in [0.1, 0.15) is 22.6 Å². The van der Waals surface area contributed by atoms with E-state index in [4.69, 9.17) is 15.2 Å². The van der Waals surface area contributed by atoms with Gasteiger partial charge in [0, 0.05) is 25.3 Å². The van der Waals surface area contributed by atoms with Crippen LogP contribution in [0.5, 0.6) is 6.01 Å². The zero-order valence-corrected chi connectivity index (χ0v) is 18.4. The van der Waals surface area contributed by atoms with Crippen molar-refractivity contribution in [3.63, 3.8) is 0 Å². The first-order valence-electron chi connectivity index (χ1n) is 10.9. The fourth-order valence-electron chi connectivity index (χ4n) is 4.32. The zero-order chi connectivity index (χ0) is 22.8. The number of anilines is 2. The summed E-state index contributed by atoms with van der Waals surface area (Å²) in [7, 11) is 1.59. The van der Waals surface area contributed by atoms with Crippen molar-refractivity contribution in [2.45, 2.75) is 18.9 Å². The summed E-state index contributed by atoms with van der Waals surface area (Å²) in [4.78, 5) is 24.0. The van der Waals surface area contributed by atoms with Crippen molar-refractivity contribution in [2.24, 2.45) is 0 Å². The lowest BCUT2D eigenvalue weighted by molar-refractivity contribution is 0.141. The molecule has 2 aromatic heterocycles. The number of nitrogen functional groups attached to an aromatic ring is 1. The van der Waals surface area contributed by atoms with Crippen molar-refractivity contribution < 1.29 is 9.47 Å². The Bertz CT molecular complexity index is 1350. The molecule has 3 heterocycles. The van der Waals surface area contributed by atoms with Gasteiger partial charge in [0.25, 0.3) is 0 Å². The standard InChI is InChI=1S/C24H26N6O3/c1-32-9-10-33-23-28-21(25)20-22(29-23)30(24(31)27-20)14-16-6-4-5-15(11-16)12-17-13-26-19-8-3-2-7-18(17)19/h2-8,11,17,26H,9-10,12-14H2,1H3,(H,27,31)(H2,25,28,29). The molecular formula is C24H26N6O3. The zero-order valence-electron chi connectivity index (χ0n) is 18.4. The molecule has 1 aliphatic rings. The molecule has 0 aliphatic carbocycles. The van der Waals surface area contributed by atoms with Gasteiger partial charge in [0.1, 0.15) is 12.1 Å². The molecule has 33 heavy (non-hydrogen) atoms. The second kappa shape index (κ2) is 8.95. The van der Waals surface area contributed by atoms with Crippen molar-refractivity contribution >= 4 is 22.7 Å². The Hall–Kier alpha value is -3.85. The number of rotatable bonds is 8. The van der Waals surface area contributed by atoms with E-state index in [0.29, 0.717) is 30.2 Å². The maximum absolute atomic E-state index is 12.7. The summed E-state index contributed by atoms with van der Waals surface area (Å²) in [6, 6.07) is 16.9. The number of para-hydroxylation sites is 1. The van der Waals surface area contributed by atoms with Gasteiger partial charge >= 0.3 is 11.7 Å². The van der Waals surface area contributed by atoms with Gasteiger partial charge in [0.15, 0.2) is 11.5 Å². The fraction of sp³-hybridized carbons (Fsp3) is 0.292. The number of benzene rings is 2. The minimum atomic E-state index is -0.292. The van der Waals surface area contributed by atoms with Gasteiger partial charge < -0.3 is 25.5 Å². The summed E-state index contributed by atoms with van der Waals surface area (Å²) >= 11 is 0. The molecule has 0 bridgehead atoms. The van der Waals surface area contributed by atoms with Crippen LogP contribution in [0.25, 0.3) is 11.2 Å². The third-order valence-corrected chi connectivity index (χ3v) is 5.90. The van der Waals surface area contributed by atoms with Gasteiger partial charge in [-0.05, 0) is 29.2 Å². The number of imidazole rings is 1. The van der Waals surface area contributed by atoms with Crippen LogP contribution >= 0.6 is 0 Å². The minimum Gasteiger partial charge on any atom is -0.461 e. The first kappa shape index (κ1) is 21.0. The molecule has 2 aromatic carbocycles. The van der Waals surface area contributed by atoms with Crippen molar-refractivity contribution in [1.82, 2.24) is 19.5 Å². The molecule has 1 atom stereocenters. The summed E-state index contributed by atoms with van der Waals surface area (Å²) < 4.78 is 12.1. The van der Waals surface area contributed by atoms with Gasteiger partial charge in [0.2, 0.25) is 0 Å². The van der Waals surface area contributed by atoms with Gasteiger partial charge in [-0.1, -0.05) is 42.5 Å². The molecule has 1 unspecified atom stereocenters. The molecular weight excluding hydrogens is 420 g/mol. The summed E-state index contributed by atoms with van der Waals surface area (Å²) in [5.74, 6) is 0.594. The third kappa shape index (κ3) is 4.27. The predicted molar refractivity (Wildman–Crippen MR) is 127 cm³/mol. The second-order valence-corrected chi connectivity index (χ2v) is 8.14. The second-order valence-electron chi connectivity index (χ2n) is 8.14. The highest BCUT2D eigenvalue weighted by atomic mass is 16.5. The van der Waals surface area contributed by atoms with Gasteiger partial charge in [0.05, 0.1) is 13.2 Å². The highest BCUT2D eigenvalue weighted by Gasteiger charge is 2.22. The van der Waals surface area contributed by atoms with Crippen LogP contribution < -0.4 is 21.5 Å².